The van der Waals surface area contributed by atoms with Crippen LogP contribution in [0.25, 0.3) is 21.5 Å². The summed E-state index contributed by atoms with van der Waals surface area (Å²) in [6, 6.07) is 32.6. The van der Waals surface area contributed by atoms with E-state index in [4.69, 9.17) is 0 Å². The molecule has 4 rings (SSSR count). The van der Waals surface area contributed by atoms with Crippen molar-refractivity contribution in [3.05, 3.63) is 84.9 Å². The molecule has 0 fully saturated rings. The average Bonchev–Trinajstić information content (AvgIpc) is 3.02. The maximum atomic E-state index is 2.71. The predicted molar refractivity (Wildman–Crippen MR) is 188 cm³/mol. The van der Waals surface area contributed by atoms with Crippen molar-refractivity contribution in [2.45, 2.75) is 117 Å². The van der Waals surface area contributed by atoms with Crippen molar-refractivity contribution in [3.63, 3.8) is 0 Å². The van der Waals surface area contributed by atoms with Crippen LogP contribution in [0.4, 0.5) is 11.4 Å². The Morgan fingerprint density at radius 3 is 1.29 bits per heavy atom. The van der Waals surface area contributed by atoms with Crippen molar-refractivity contribution in [1.82, 2.24) is 0 Å². The van der Waals surface area contributed by atoms with E-state index in [2.05, 4.69) is 122 Å². The minimum Gasteiger partial charge on any atom is -0.368 e. The van der Waals surface area contributed by atoms with Gasteiger partial charge in [0.05, 0.1) is 0 Å². The molecule has 0 aliphatic rings. The number of anilines is 2. The summed E-state index contributed by atoms with van der Waals surface area (Å²) >= 11 is 0. The molecule has 0 heterocycles. The van der Waals surface area contributed by atoms with Crippen LogP contribution in [0.3, 0.4) is 0 Å². The van der Waals surface area contributed by atoms with Gasteiger partial charge >= 0.3 is 0 Å². The van der Waals surface area contributed by atoms with E-state index in [1.807, 2.05) is 0 Å². The van der Waals surface area contributed by atoms with Gasteiger partial charge in [0.2, 0.25) is 0 Å². The van der Waals surface area contributed by atoms with Crippen molar-refractivity contribution >= 4 is 32.9 Å². The molecule has 2 nitrogen and oxygen atoms in total. The van der Waals surface area contributed by atoms with Gasteiger partial charge in [-0.15, -0.1) is 0 Å². The van der Waals surface area contributed by atoms with Crippen LogP contribution in [0.2, 0.25) is 0 Å². The minimum absolute atomic E-state index is 0.562. The molecule has 0 radical (unpaired) electrons. The van der Waals surface area contributed by atoms with Crippen molar-refractivity contribution in [2.75, 3.05) is 22.9 Å². The smallest absolute Gasteiger partial charge is 0.0448 e. The number of fused-ring (bicyclic) bond motifs is 2. The maximum absolute atomic E-state index is 2.71. The monoisotopic (exact) mass is 564 g/mol. The molecule has 4 aromatic rings. The molecule has 0 saturated heterocycles. The normalized spacial score (nSPS) is 13.0. The van der Waals surface area contributed by atoms with E-state index in [9.17, 15) is 0 Å². The first kappa shape index (κ1) is 31.9. The van der Waals surface area contributed by atoms with Crippen LogP contribution in [0, 0.1) is 0 Å². The fourth-order valence-electron chi connectivity index (χ4n) is 6.68. The number of hydrogen-bond donors (Lipinski definition) is 0. The Morgan fingerprint density at radius 2 is 0.857 bits per heavy atom. The second-order valence-corrected chi connectivity index (χ2v) is 12.5. The van der Waals surface area contributed by atoms with Crippen LogP contribution in [-0.2, 0) is 0 Å². The van der Waals surface area contributed by atoms with Gasteiger partial charge in [0.25, 0.3) is 0 Å². The SMILES string of the molecule is CCCCCN(c1cccc2ccccc12)C(C)CCCCCCC(C)N(CCCCC)c1cccc2ccccc12. The first-order valence-corrected chi connectivity index (χ1v) is 17.1. The van der Waals surface area contributed by atoms with Crippen LogP contribution in [0.5, 0.6) is 0 Å². The van der Waals surface area contributed by atoms with E-state index in [0.29, 0.717) is 12.1 Å². The molecular formula is C40H56N2. The van der Waals surface area contributed by atoms with Gasteiger partial charge in [0, 0.05) is 47.3 Å². The quantitative estimate of drug-likeness (QED) is 0.104. The molecule has 0 spiro atoms. The third kappa shape index (κ3) is 8.76. The summed E-state index contributed by atoms with van der Waals surface area (Å²) in [5, 5.41) is 5.49. The van der Waals surface area contributed by atoms with E-state index in [-0.39, 0.29) is 0 Å². The molecule has 0 saturated carbocycles. The topological polar surface area (TPSA) is 6.48 Å². The number of rotatable bonds is 19. The lowest BCUT2D eigenvalue weighted by Crippen LogP contribution is -2.34. The van der Waals surface area contributed by atoms with Crippen LogP contribution in [0.1, 0.15) is 105 Å². The summed E-state index contributed by atoms with van der Waals surface area (Å²) < 4.78 is 0. The van der Waals surface area contributed by atoms with Gasteiger partial charge in [-0.25, -0.2) is 0 Å². The zero-order valence-corrected chi connectivity index (χ0v) is 27.0. The predicted octanol–water partition coefficient (Wildman–Crippen LogP) is 11.8. The van der Waals surface area contributed by atoms with Gasteiger partial charge in [0.15, 0.2) is 0 Å². The molecular weight excluding hydrogens is 508 g/mol. The molecule has 2 atom stereocenters. The van der Waals surface area contributed by atoms with Gasteiger partial charge in [0.1, 0.15) is 0 Å². The molecule has 42 heavy (non-hydrogen) atoms. The lowest BCUT2D eigenvalue weighted by Gasteiger charge is -2.33. The Labute approximate surface area is 257 Å². The number of nitrogens with zero attached hydrogens (tertiary/aromatic N) is 2. The largest absolute Gasteiger partial charge is 0.368 e. The molecule has 0 N–H and O–H groups in total. The average molecular weight is 565 g/mol. The Kier molecular flexibility index (Phi) is 13.1. The first-order chi connectivity index (χ1) is 20.6. The van der Waals surface area contributed by atoms with Crippen molar-refractivity contribution in [3.8, 4) is 0 Å². The Balaban J connectivity index is 1.30. The van der Waals surface area contributed by atoms with Crippen LogP contribution in [-0.4, -0.2) is 25.2 Å². The fraction of sp³-hybridized carbons (Fsp3) is 0.500. The second kappa shape index (κ2) is 17.2. The summed E-state index contributed by atoms with van der Waals surface area (Å²) in [7, 11) is 0. The molecule has 0 amide bonds. The highest BCUT2D eigenvalue weighted by atomic mass is 15.2. The van der Waals surface area contributed by atoms with Crippen molar-refractivity contribution < 1.29 is 0 Å². The van der Waals surface area contributed by atoms with Gasteiger partial charge < -0.3 is 9.80 Å². The molecule has 0 aliphatic heterocycles. The highest BCUT2D eigenvalue weighted by Crippen LogP contribution is 2.31. The first-order valence-electron chi connectivity index (χ1n) is 17.1. The summed E-state index contributed by atoms with van der Waals surface area (Å²) in [6.45, 7) is 11.8. The van der Waals surface area contributed by atoms with Gasteiger partial charge in [-0.3, -0.25) is 0 Å². The second-order valence-electron chi connectivity index (χ2n) is 12.5. The summed E-state index contributed by atoms with van der Waals surface area (Å²) in [4.78, 5) is 5.41. The van der Waals surface area contributed by atoms with Crippen LogP contribution < -0.4 is 9.80 Å². The van der Waals surface area contributed by atoms with Gasteiger partial charge in [-0.05, 0) is 62.4 Å². The number of benzene rings is 4. The van der Waals surface area contributed by atoms with E-state index in [1.165, 1.54) is 110 Å². The molecule has 2 heteroatoms. The Morgan fingerprint density at radius 1 is 0.452 bits per heavy atom. The molecule has 0 bridgehead atoms. The van der Waals surface area contributed by atoms with Crippen molar-refractivity contribution in [1.29, 1.82) is 0 Å². The summed E-state index contributed by atoms with van der Waals surface area (Å²) in [6.07, 6.45) is 15.5. The molecule has 0 aliphatic carbocycles. The van der Waals surface area contributed by atoms with E-state index in [1.54, 1.807) is 0 Å². The molecule has 226 valence electrons. The molecule has 4 aromatic carbocycles. The zero-order valence-electron chi connectivity index (χ0n) is 27.0. The Bertz CT molecular complexity index is 1210. The lowest BCUT2D eigenvalue weighted by atomic mass is 10.0. The molecule has 0 aromatic heterocycles. The fourth-order valence-corrected chi connectivity index (χ4v) is 6.68. The standard InChI is InChI=1S/C40H56N2/c1-5-7-17-31-41(39-29-19-25-35-23-13-15-27-37(35)39)33(3)21-11-9-10-12-22-34(4)42(32-18-8-6-2)40-30-20-26-36-24-14-16-28-38(36)40/h13-16,19-20,23-30,33-34H,5-12,17-18,21-22,31-32H2,1-4H3. The summed E-state index contributed by atoms with van der Waals surface area (Å²) in [5.74, 6) is 0. The van der Waals surface area contributed by atoms with Crippen LogP contribution in [0.15, 0.2) is 84.9 Å². The third-order valence-electron chi connectivity index (χ3n) is 9.22. The van der Waals surface area contributed by atoms with Gasteiger partial charge in [-0.2, -0.15) is 0 Å². The van der Waals surface area contributed by atoms with Crippen LogP contribution >= 0.6 is 0 Å². The van der Waals surface area contributed by atoms with Crippen molar-refractivity contribution in [2.24, 2.45) is 0 Å². The number of hydrogen-bond acceptors (Lipinski definition) is 2. The zero-order chi connectivity index (χ0) is 29.6. The summed E-state index contributed by atoms with van der Waals surface area (Å²) in [5.41, 5.74) is 2.84. The lowest BCUT2D eigenvalue weighted by molar-refractivity contribution is 0.497. The van der Waals surface area contributed by atoms with E-state index >= 15 is 0 Å². The third-order valence-corrected chi connectivity index (χ3v) is 9.22. The van der Waals surface area contributed by atoms with E-state index in [0.717, 1.165) is 13.1 Å². The maximum Gasteiger partial charge on any atom is 0.0448 e. The molecule has 2 unspecified atom stereocenters. The highest BCUT2D eigenvalue weighted by Gasteiger charge is 2.18. The highest BCUT2D eigenvalue weighted by molar-refractivity contribution is 5.95. The number of unbranched alkanes of at least 4 members (excludes halogenated alkanes) is 7. The minimum atomic E-state index is 0.562. The van der Waals surface area contributed by atoms with E-state index < -0.39 is 0 Å². The Hall–Kier alpha value is -3.00. The van der Waals surface area contributed by atoms with Gasteiger partial charge in [-0.1, -0.05) is 138 Å².